The molecule has 0 heterocycles. The summed E-state index contributed by atoms with van der Waals surface area (Å²) in [4.78, 5) is 0. The van der Waals surface area contributed by atoms with E-state index in [0.29, 0.717) is 17.5 Å². The SMILES string of the molecule is Fc1ccc(CC(CCl)(CCl)c2ccccc2F)c(Cl)c1. The fourth-order valence-corrected chi connectivity index (χ4v) is 3.29. The van der Waals surface area contributed by atoms with Crippen LogP contribution in [0.2, 0.25) is 5.02 Å². The molecule has 5 heteroatoms. The number of benzene rings is 2. The molecule has 0 radical (unpaired) electrons. The summed E-state index contributed by atoms with van der Waals surface area (Å²) in [6.45, 7) is 0. The van der Waals surface area contributed by atoms with E-state index in [1.165, 1.54) is 18.2 Å². The number of rotatable bonds is 5. The van der Waals surface area contributed by atoms with E-state index in [1.54, 1.807) is 24.3 Å². The fraction of sp³-hybridized carbons (Fsp3) is 0.250. The Morgan fingerprint density at radius 2 is 1.62 bits per heavy atom. The summed E-state index contributed by atoms with van der Waals surface area (Å²) in [5, 5.41) is 0.283. The third-order valence-electron chi connectivity index (χ3n) is 3.50. The average Bonchev–Trinajstić information content (AvgIpc) is 2.48. The summed E-state index contributed by atoms with van der Waals surface area (Å²) in [5.74, 6) is -0.523. The minimum Gasteiger partial charge on any atom is -0.207 e. The largest absolute Gasteiger partial charge is 0.207 e. The van der Waals surface area contributed by atoms with E-state index in [2.05, 4.69) is 0 Å². The first-order valence-electron chi connectivity index (χ1n) is 6.33. The molecule has 0 atom stereocenters. The van der Waals surface area contributed by atoms with E-state index in [0.717, 1.165) is 0 Å². The van der Waals surface area contributed by atoms with Gasteiger partial charge in [0, 0.05) is 22.2 Å². The van der Waals surface area contributed by atoms with Crippen LogP contribution in [0.15, 0.2) is 42.5 Å². The van der Waals surface area contributed by atoms with Crippen molar-refractivity contribution < 1.29 is 8.78 Å². The summed E-state index contributed by atoms with van der Waals surface area (Å²) < 4.78 is 27.3. The maximum Gasteiger partial charge on any atom is 0.127 e. The van der Waals surface area contributed by atoms with Crippen molar-refractivity contribution in [3.05, 3.63) is 70.2 Å². The molecule has 0 saturated heterocycles. The van der Waals surface area contributed by atoms with Gasteiger partial charge in [-0.3, -0.25) is 0 Å². The van der Waals surface area contributed by atoms with E-state index < -0.39 is 11.2 Å². The Morgan fingerprint density at radius 3 is 2.19 bits per heavy atom. The first-order valence-corrected chi connectivity index (χ1v) is 7.78. The van der Waals surface area contributed by atoms with Crippen LogP contribution >= 0.6 is 34.8 Å². The summed E-state index contributed by atoms with van der Waals surface area (Å²) in [7, 11) is 0. The summed E-state index contributed by atoms with van der Waals surface area (Å²) in [5.41, 5.74) is 0.327. The van der Waals surface area contributed by atoms with E-state index in [1.807, 2.05) is 0 Å². The molecule has 2 aromatic rings. The van der Waals surface area contributed by atoms with E-state index >= 15 is 0 Å². The second kappa shape index (κ2) is 6.95. The highest BCUT2D eigenvalue weighted by molar-refractivity contribution is 6.31. The first kappa shape index (κ1) is 16.5. The van der Waals surface area contributed by atoms with Crippen molar-refractivity contribution in [1.82, 2.24) is 0 Å². The van der Waals surface area contributed by atoms with Crippen molar-refractivity contribution in [3.8, 4) is 0 Å². The molecule has 2 rings (SSSR count). The molecule has 0 spiro atoms. The lowest BCUT2D eigenvalue weighted by Gasteiger charge is -2.31. The highest BCUT2D eigenvalue weighted by Crippen LogP contribution is 2.35. The van der Waals surface area contributed by atoms with Crippen LogP contribution in [0, 0.1) is 11.6 Å². The quantitative estimate of drug-likeness (QED) is 0.618. The molecular formula is C16H13Cl3F2. The van der Waals surface area contributed by atoms with Crippen LogP contribution in [0.25, 0.3) is 0 Å². The van der Waals surface area contributed by atoms with E-state index in [-0.39, 0.29) is 22.6 Å². The topological polar surface area (TPSA) is 0 Å². The summed E-state index contributed by atoms with van der Waals surface area (Å²) >= 11 is 18.2. The normalized spacial score (nSPS) is 11.7. The maximum atomic E-state index is 14.1. The summed E-state index contributed by atoms with van der Waals surface area (Å²) in [6.07, 6.45) is 0.333. The molecule has 0 aliphatic rings. The van der Waals surface area contributed by atoms with Crippen molar-refractivity contribution in [3.63, 3.8) is 0 Å². The molecule has 0 unspecified atom stereocenters. The number of hydrogen-bond acceptors (Lipinski definition) is 0. The first-order chi connectivity index (χ1) is 10.0. The number of hydrogen-bond donors (Lipinski definition) is 0. The van der Waals surface area contributed by atoms with Gasteiger partial charge in [-0.05, 0) is 35.7 Å². The van der Waals surface area contributed by atoms with Crippen LogP contribution < -0.4 is 0 Å². The van der Waals surface area contributed by atoms with Crippen LogP contribution in [-0.2, 0) is 11.8 Å². The lowest BCUT2D eigenvalue weighted by atomic mass is 9.78. The summed E-state index contributed by atoms with van der Waals surface area (Å²) in [6, 6.07) is 10.5. The van der Waals surface area contributed by atoms with E-state index in [4.69, 9.17) is 34.8 Å². The van der Waals surface area contributed by atoms with Gasteiger partial charge in [-0.25, -0.2) is 8.78 Å². The third-order valence-corrected chi connectivity index (χ3v) is 4.88. The Morgan fingerprint density at radius 1 is 0.952 bits per heavy atom. The van der Waals surface area contributed by atoms with Gasteiger partial charge in [0.2, 0.25) is 0 Å². The average molecular weight is 350 g/mol. The van der Waals surface area contributed by atoms with Gasteiger partial charge in [0.1, 0.15) is 11.6 Å². The predicted octanol–water partition coefficient (Wildman–Crippen LogP) is 5.58. The van der Waals surface area contributed by atoms with Gasteiger partial charge in [0.05, 0.1) is 0 Å². The van der Waals surface area contributed by atoms with Gasteiger partial charge in [-0.15, -0.1) is 23.2 Å². The van der Waals surface area contributed by atoms with Gasteiger partial charge < -0.3 is 0 Å². The van der Waals surface area contributed by atoms with Crippen molar-refractivity contribution in [1.29, 1.82) is 0 Å². The van der Waals surface area contributed by atoms with Gasteiger partial charge >= 0.3 is 0 Å². The van der Waals surface area contributed by atoms with E-state index in [9.17, 15) is 8.78 Å². The lowest BCUT2D eigenvalue weighted by molar-refractivity contribution is 0.490. The molecule has 112 valence electrons. The van der Waals surface area contributed by atoms with Crippen LogP contribution in [0.5, 0.6) is 0 Å². The van der Waals surface area contributed by atoms with Crippen molar-refractivity contribution in [2.24, 2.45) is 0 Å². The standard InChI is InChI=1S/C16H13Cl3F2/c17-9-16(10-18,13-3-1-2-4-15(13)21)8-11-5-6-12(20)7-14(11)19/h1-7H,8-10H2. The molecule has 0 aromatic heterocycles. The van der Waals surface area contributed by atoms with Crippen molar-refractivity contribution >= 4 is 34.8 Å². The minimum absolute atomic E-state index is 0.130. The van der Waals surface area contributed by atoms with Crippen LogP contribution in [-0.4, -0.2) is 11.8 Å². The Bertz CT molecular complexity index is 625. The highest BCUT2D eigenvalue weighted by Gasteiger charge is 2.34. The van der Waals surface area contributed by atoms with Crippen LogP contribution in [0.4, 0.5) is 8.78 Å². The monoisotopic (exact) mass is 348 g/mol. The predicted molar refractivity (Wildman–Crippen MR) is 84.6 cm³/mol. The maximum absolute atomic E-state index is 14.1. The lowest BCUT2D eigenvalue weighted by Crippen LogP contribution is -2.34. The molecule has 21 heavy (non-hydrogen) atoms. The molecule has 0 aliphatic heterocycles. The Balaban J connectivity index is 2.46. The fourth-order valence-electron chi connectivity index (χ4n) is 2.29. The molecule has 0 nitrogen and oxygen atoms in total. The highest BCUT2D eigenvalue weighted by atomic mass is 35.5. The molecule has 2 aromatic carbocycles. The molecule has 0 fully saturated rings. The van der Waals surface area contributed by atoms with Gasteiger partial charge in [0.15, 0.2) is 0 Å². The zero-order valence-electron chi connectivity index (χ0n) is 11.1. The zero-order valence-corrected chi connectivity index (χ0v) is 13.3. The van der Waals surface area contributed by atoms with Crippen molar-refractivity contribution in [2.75, 3.05) is 11.8 Å². The number of halogens is 5. The molecule has 0 saturated carbocycles. The van der Waals surface area contributed by atoms with Crippen LogP contribution in [0.3, 0.4) is 0 Å². The molecule has 0 N–H and O–H groups in total. The second-order valence-corrected chi connectivity index (χ2v) is 5.88. The Hall–Kier alpha value is -0.830. The molecule has 0 aliphatic carbocycles. The third kappa shape index (κ3) is 3.50. The Labute approximate surface area is 137 Å². The van der Waals surface area contributed by atoms with Gasteiger partial charge in [-0.2, -0.15) is 0 Å². The molecular weight excluding hydrogens is 337 g/mol. The smallest absolute Gasteiger partial charge is 0.127 e. The Kier molecular flexibility index (Phi) is 5.48. The van der Waals surface area contributed by atoms with Crippen LogP contribution in [0.1, 0.15) is 11.1 Å². The van der Waals surface area contributed by atoms with Crippen molar-refractivity contribution in [2.45, 2.75) is 11.8 Å². The minimum atomic E-state index is -0.796. The zero-order chi connectivity index (χ0) is 15.5. The molecule has 0 bridgehead atoms. The van der Waals surface area contributed by atoms with Gasteiger partial charge in [-0.1, -0.05) is 35.9 Å². The van der Waals surface area contributed by atoms with Gasteiger partial charge in [0.25, 0.3) is 0 Å². The molecule has 0 amide bonds. The second-order valence-electron chi connectivity index (χ2n) is 4.94. The number of alkyl halides is 2.